The van der Waals surface area contributed by atoms with Crippen LogP contribution in [0.1, 0.15) is 29.3 Å². The van der Waals surface area contributed by atoms with Crippen molar-refractivity contribution in [2.45, 2.75) is 26.8 Å². The number of Topliss-reactive ketones (excluding diaryl/α,β-unsaturated/α-hetero) is 1. The number of rotatable bonds is 5. The summed E-state index contributed by atoms with van der Waals surface area (Å²) in [5.74, 6) is -0.247. The molecule has 1 heterocycles. The smallest absolute Gasteiger partial charge is 0.331 e. The van der Waals surface area contributed by atoms with E-state index in [4.69, 9.17) is 4.74 Å². The van der Waals surface area contributed by atoms with Crippen LogP contribution in [0.4, 0.5) is 0 Å². The van der Waals surface area contributed by atoms with Gasteiger partial charge in [-0.3, -0.25) is 14.2 Å². The Morgan fingerprint density at radius 3 is 2.54 bits per heavy atom. The number of fused-ring (bicyclic) bond motifs is 1. The Morgan fingerprint density at radius 2 is 1.85 bits per heavy atom. The van der Waals surface area contributed by atoms with E-state index >= 15 is 0 Å². The van der Waals surface area contributed by atoms with Crippen molar-refractivity contribution in [1.82, 2.24) is 9.55 Å². The topological polar surface area (TPSA) is 78.3 Å². The van der Waals surface area contributed by atoms with Crippen LogP contribution in [0.2, 0.25) is 0 Å². The Bertz CT molecular complexity index is 1040. The van der Waals surface area contributed by atoms with Crippen LogP contribution >= 0.6 is 0 Å². The zero-order chi connectivity index (χ0) is 18.7. The third-order valence-corrected chi connectivity index (χ3v) is 4.08. The first-order valence-corrected chi connectivity index (χ1v) is 8.28. The van der Waals surface area contributed by atoms with Crippen molar-refractivity contribution in [3.05, 3.63) is 70.3 Å². The van der Waals surface area contributed by atoms with Gasteiger partial charge >= 0.3 is 5.97 Å². The average Bonchev–Trinajstić information content (AvgIpc) is 2.64. The highest BCUT2D eigenvalue weighted by atomic mass is 16.5. The number of nitrogens with zero attached hydrogens (tertiary/aromatic N) is 2. The maximum absolute atomic E-state index is 12.5. The molecule has 3 rings (SSSR count). The van der Waals surface area contributed by atoms with E-state index in [9.17, 15) is 14.4 Å². The molecule has 132 valence electrons. The Balaban J connectivity index is 1.76. The largest absolute Gasteiger partial charge is 0.425 e. The Hall–Kier alpha value is -3.28. The number of hydrogen-bond acceptors (Lipinski definition) is 5. The third-order valence-electron chi connectivity index (χ3n) is 4.08. The van der Waals surface area contributed by atoms with Gasteiger partial charge in [-0.2, -0.15) is 0 Å². The minimum absolute atomic E-state index is 0.0203. The summed E-state index contributed by atoms with van der Waals surface area (Å²) in [6.07, 6.45) is 1.76. The van der Waals surface area contributed by atoms with Crippen LogP contribution in [-0.2, 0) is 11.3 Å². The van der Waals surface area contributed by atoms with E-state index in [1.165, 1.54) is 10.9 Å². The number of aryl methyl sites for hydroxylation is 1. The minimum atomic E-state index is -0.588. The molecular weight excluding hydrogens is 332 g/mol. The van der Waals surface area contributed by atoms with Crippen molar-refractivity contribution in [2.24, 2.45) is 0 Å². The molecule has 6 heteroatoms. The Kier molecular flexibility index (Phi) is 4.93. The van der Waals surface area contributed by atoms with E-state index in [1.807, 2.05) is 13.0 Å². The zero-order valence-electron chi connectivity index (χ0n) is 14.6. The lowest BCUT2D eigenvalue weighted by Gasteiger charge is -2.08. The molecule has 6 nitrogen and oxygen atoms in total. The number of aromatic nitrogens is 2. The van der Waals surface area contributed by atoms with Crippen molar-refractivity contribution in [2.75, 3.05) is 0 Å². The number of esters is 1. The first-order valence-electron chi connectivity index (χ1n) is 8.28. The molecule has 0 aliphatic heterocycles. The Labute approximate surface area is 150 Å². The van der Waals surface area contributed by atoms with Gasteiger partial charge in [0, 0.05) is 12.0 Å². The zero-order valence-corrected chi connectivity index (χ0v) is 14.6. The van der Waals surface area contributed by atoms with Crippen LogP contribution in [0.3, 0.4) is 0 Å². The summed E-state index contributed by atoms with van der Waals surface area (Å²) >= 11 is 0. The van der Waals surface area contributed by atoms with Crippen molar-refractivity contribution < 1.29 is 14.3 Å². The molecule has 0 bridgehead atoms. The molecule has 0 unspecified atom stereocenters. The quantitative estimate of drug-likeness (QED) is 0.402. The van der Waals surface area contributed by atoms with E-state index in [2.05, 4.69) is 4.98 Å². The van der Waals surface area contributed by atoms with Gasteiger partial charge in [0.05, 0.1) is 17.2 Å². The van der Waals surface area contributed by atoms with E-state index in [-0.39, 0.29) is 17.9 Å². The number of ketones is 1. The van der Waals surface area contributed by atoms with Gasteiger partial charge in [-0.25, -0.2) is 9.78 Å². The maximum Gasteiger partial charge on any atom is 0.331 e. The van der Waals surface area contributed by atoms with Gasteiger partial charge in [-0.15, -0.1) is 0 Å². The van der Waals surface area contributed by atoms with Crippen LogP contribution < -0.4 is 10.3 Å². The van der Waals surface area contributed by atoms with Gasteiger partial charge in [-0.05, 0) is 42.8 Å². The molecule has 0 amide bonds. The normalized spacial score (nSPS) is 10.7. The number of hydrogen-bond donors (Lipinski definition) is 0. The molecule has 3 aromatic rings. The van der Waals surface area contributed by atoms with Crippen LogP contribution in [0.25, 0.3) is 10.9 Å². The van der Waals surface area contributed by atoms with Crippen LogP contribution in [0, 0.1) is 6.92 Å². The fourth-order valence-electron chi connectivity index (χ4n) is 2.67. The summed E-state index contributed by atoms with van der Waals surface area (Å²) in [5, 5.41) is 0.461. The summed E-state index contributed by atoms with van der Waals surface area (Å²) < 4.78 is 6.46. The molecule has 0 aliphatic rings. The molecule has 0 radical (unpaired) electrons. The standard InChI is InChI=1S/C20H18N2O4/c1-3-17(23)14-7-9-15(10-8-14)26-18(24)11-22-12-21-19-13(2)5-4-6-16(19)20(22)25/h4-10,12H,3,11H2,1-2H3. The predicted octanol–water partition coefficient (Wildman–Crippen LogP) is 2.90. The van der Waals surface area contributed by atoms with E-state index in [1.54, 1.807) is 43.3 Å². The molecule has 0 saturated heterocycles. The van der Waals surface area contributed by atoms with Crippen LogP contribution in [0.15, 0.2) is 53.6 Å². The van der Waals surface area contributed by atoms with Crippen molar-refractivity contribution >= 4 is 22.7 Å². The highest BCUT2D eigenvalue weighted by Crippen LogP contribution is 2.14. The van der Waals surface area contributed by atoms with Crippen molar-refractivity contribution in [3.8, 4) is 5.75 Å². The highest BCUT2D eigenvalue weighted by molar-refractivity contribution is 5.96. The summed E-state index contributed by atoms with van der Waals surface area (Å²) in [6.45, 7) is 3.42. The molecule has 0 spiro atoms. The van der Waals surface area contributed by atoms with Gasteiger partial charge in [0.1, 0.15) is 12.3 Å². The fourth-order valence-corrected chi connectivity index (χ4v) is 2.67. The van der Waals surface area contributed by atoms with Crippen LogP contribution in [-0.4, -0.2) is 21.3 Å². The first-order chi connectivity index (χ1) is 12.5. The molecule has 0 N–H and O–H groups in total. The molecule has 0 aliphatic carbocycles. The van der Waals surface area contributed by atoms with E-state index < -0.39 is 5.97 Å². The molecule has 0 atom stereocenters. The highest BCUT2D eigenvalue weighted by Gasteiger charge is 2.11. The van der Waals surface area contributed by atoms with Gasteiger partial charge < -0.3 is 4.74 Å². The molecule has 26 heavy (non-hydrogen) atoms. The van der Waals surface area contributed by atoms with Gasteiger partial charge in [0.2, 0.25) is 0 Å². The SMILES string of the molecule is CCC(=O)c1ccc(OC(=O)Cn2cnc3c(C)cccc3c2=O)cc1. The molecular formula is C20H18N2O4. The minimum Gasteiger partial charge on any atom is -0.425 e. The lowest BCUT2D eigenvalue weighted by atomic mass is 10.1. The monoisotopic (exact) mass is 350 g/mol. The first kappa shape index (κ1) is 17.5. The number of carbonyl (C=O) groups excluding carboxylic acids is 2. The Morgan fingerprint density at radius 1 is 1.12 bits per heavy atom. The summed E-state index contributed by atoms with van der Waals surface area (Å²) in [7, 11) is 0. The molecule has 0 saturated carbocycles. The van der Waals surface area contributed by atoms with Crippen molar-refractivity contribution in [3.63, 3.8) is 0 Å². The lowest BCUT2D eigenvalue weighted by molar-refractivity contribution is -0.135. The summed E-state index contributed by atoms with van der Waals surface area (Å²) in [4.78, 5) is 40.5. The van der Waals surface area contributed by atoms with E-state index in [0.29, 0.717) is 28.6 Å². The molecule has 1 aromatic heterocycles. The van der Waals surface area contributed by atoms with Gasteiger partial charge in [-0.1, -0.05) is 19.1 Å². The van der Waals surface area contributed by atoms with Crippen LogP contribution in [0.5, 0.6) is 5.75 Å². The lowest BCUT2D eigenvalue weighted by Crippen LogP contribution is -2.27. The number of benzene rings is 2. The number of carbonyl (C=O) groups is 2. The molecule has 2 aromatic carbocycles. The van der Waals surface area contributed by atoms with Gasteiger partial charge in [0.15, 0.2) is 5.78 Å². The number of ether oxygens (including phenoxy) is 1. The van der Waals surface area contributed by atoms with Crippen molar-refractivity contribution in [1.29, 1.82) is 0 Å². The number of para-hydroxylation sites is 1. The second-order valence-corrected chi connectivity index (χ2v) is 5.92. The van der Waals surface area contributed by atoms with E-state index in [0.717, 1.165) is 5.56 Å². The molecule has 0 fully saturated rings. The second kappa shape index (κ2) is 7.31. The predicted molar refractivity (Wildman–Crippen MR) is 97.4 cm³/mol. The second-order valence-electron chi connectivity index (χ2n) is 5.92. The summed E-state index contributed by atoms with van der Waals surface area (Å²) in [6, 6.07) is 11.7. The average molecular weight is 350 g/mol. The maximum atomic E-state index is 12.5. The third kappa shape index (κ3) is 3.54. The summed E-state index contributed by atoms with van der Waals surface area (Å²) in [5.41, 5.74) is 1.80. The van der Waals surface area contributed by atoms with Gasteiger partial charge in [0.25, 0.3) is 5.56 Å². The fraction of sp³-hybridized carbons (Fsp3) is 0.200.